The highest BCUT2D eigenvalue weighted by molar-refractivity contribution is 6.22. The maximum absolute atomic E-state index is 10.1. The molecule has 0 saturated carbocycles. The summed E-state index contributed by atoms with van der Waals surface area (Å²) in [6.45, 7) is 8.93. The molecule has 3 atom stereocenters. The molecule has 0 bridgehead atoms. The molecule has 0 saturated heterocycles. The number of rotatable bonds is 7. The Morgan fingerprint density at radius 1 is 1.21 bits per heavy atom. The number of aliphatic hydroxyl groups is 1. The first-order valence-corrected chi connectivity index (χ1v) is 8.04. The lowest BCUT2D eigenvalue weighted by molar-refractivity contribution is 0.209. The Bertz CT molecular complexity index is 330. The Kier molecular flexibility index (Phi) is 7.17. The average molecular weight is 285 g/mol. The van der Waals surface area contributed by atoms with Crippen LogP contribution in [0.4, 0.5) is 0 Å². The summed E-state index contributed by atoms with van der Waals surface area (Å²) in [7, 11) is 0. The van der Waals surface area contributed by atoms with E-state index in [2.05, 4.69) is 26.8 Å². The molecule has 0 aromatic carbocycles. The van der Waals surface area contributed by atoms with Crippen molar-refractivity contribution in [3.63, 3.8) is 0 Å². The molecule has 1 rings (SSSR count). The van der Waals surface area contributed by atoms with Gasteiger partial charge in [-0.2, -0.15) is 0 Å². The second-order valence-corrected chi connectivity index (χ2v) is 6.99. The summed E-state index contributed by atoms with van der Waals surface area (Å²) >= 11 is 6.12. The second-order valence-electron chi connectivity index (χ2n) is 6.49. The van der Waals surface area contributed by atoms with Crippen molar-refractivity contribution in [2.24, 2.45) is 11.8 Å². The summed E-state index contributed by atoms with van der Waals surface area (Å²) in [5.41, 5.74) is 2.28. The summed E-state index contributed by atoms with van der Waals surface area (Å²) in [6, 6.07) is 0. The van der Waals surface area contributed by atoms with Gasteiger partial charge in [-0.15, -0.1) is 11.6 Å². The molecule has 0 amide bonds. The van der Waals surface area contributed by atoms with Gasteiger partial charge in [0.15, 0.2) is 0 Å². The van der Waals surface area contributed by atoms with Crippen LogP contribution in [0.5, 0.6) is 0 Å². The molecule has 3 unspecified atom stereocenters. The highest BCUT2D eigenvalue weighted by Crippen LogP contribution is 2.27. The third-order valence-corrected chi connectivity index (χ3v) is 4.29. The van der Waals surface area contributed by atoms with Crippen molar-refractivity contribution in [3.05, 3.63) is 23.3 Å². The lowest BCUT2D eigenvalue weighted by atomic mass is 9.89. The predicted octanol–water partition coefficient (Wildman–Crippen LogP) is 5.08. The summed E-state index contributed by atoms with van der Waals surface area (Å²) in [4.78, 5) is 0. The summed E-state index contributed by atoms with van der Waals surface area (Å²) in [5, 5.41) is 9.82. The van der Waals surface area contributed by atoms with E-state index in [9.17, 15) is 5.11 Å². The molecule has 1 N–H and O–H groups in total. The number of aliphatic hydroxyl groups excluding tert-OH is 1. The maximum Gasteiger partial charge on any atom is 0.0952 e. The Labute approximate surface area is 123 Å². The first-order chi connectivity index (χ1) is 8.90. The van der Waals surface area contributed by atoms with Gasteiger partial charge in [0.1, 0.15) is 0 Å². The van der Waals surface area contributed by atoms with Gasteiger partial charge in [-0.1, -0.05) is 57.8 Å². The average Bonchev–Trinajstić information content (AvgIpc) is 2.31. The molecule has 1 aliphatic carbocycles. The van der Waals surface area contributed by atoms with Crippen LogP contribution in [0, 0.1) is 11.8 Å². The van der Waals surface area contributed by atoms with Crippen LogP contribution in [0.25, 0.3) is 0 Å². The van der Waals surface area contributed by atoms with Gasteiger partial charge in [0.2, 0.25) is 0 Å². The molecule has 110 valence electrons. The number of hydrogen-bond acceptors (Lipinski definition) is 1. The molecule has 1 nitrogen and oxygen atoms in total. The van der Waals surface area contributed by atoms with E-state index < -0.39 is 6.10 Å². The number of halogens is 1. The van der Waals surface area contributed by atoms with E-state index in [-0.39, 0.29) is 5.38 Å². The van der Waals surface area contributed by atoms with Crippen molar-refractivity contribution in [2.45, 2.75) is 71.3 Å². The highest BCUT2D eigenvalue weighted by Gasteiger charge is 2.22. The molecule has 19 heavy (non-hydrogen) atoms. The molecule has 2 heteroatoms. The monoisotopic (exact) mass is 284 g/mol. The topological polar surface area (TPSA) is 20.2 Å². The van der Waals surface area contributed by atoms with Gasteiger partial charge in [0.25, 0.3) is 0 Å². The molecule has 0 aromatic rings. The quantitative estimate of drug-likeness (QED) is 0.646. The van der Waals surface area contributed by atoms with Gasteiger partial charge in [-0.25, -0.2) is 0 Å². The molecule has 0 heterocycles. The maximum atomic E-state index is 10.1. The van der Waals surface area contributed by atoms with Crippen LogP contribution in [0.2, 0.25) is 0 Å². The molecular formula is C17H29ClO. The Morgan fingerprint density at radius 3 is 2.53 bits per heavy atom. The van der Waals surface area contributed by atoms with Crippen LogP contribution < -0.4 is 0 Å². The van der Waals surface area contributed by atoms with Crippen LogP contribution in [-0.4, -0.2) is 16.6 Å². The summed E-state index contributed by atoms with van der Waals surface area (Å²) in [5.74, 6) is 1.53. The summed E-state index contributed by atoms with van der Waals surface area (Å²) < 4.78 is 0. The molecule has 0 aromatic heterocycles. The van der Waals surface area contributed by atoms with Crippen LogP contribution in [-0.2, 0) is 0 Å². The SMILES string of the molecule is CC1=CC(Cl)C(O)C(CCC(C)CCCC(C)C)=C1. The van der Waals surface area contributed by atoms with Crippen molar-refractivity contribution in [2.75, 3.05) is 0 Å². The Morgan fingerprint density at radius 2 is 1.89 bits per heavy atom. The fourth-order valence-electron chi connectivity index (χ4n) is 2.62. The van der Waals surface area contributed by atoms with E-state index in [1.807, 2.05) is 13.0 Å². The minimum absolute atomic E-state index is 0.253. The largest absolute Gasteiger partial charge is 0.387 e. The fraction of sp³-hybridized carbons (Fsp3) is 0.765. The molecule has 0 spiro atoms. The van der Waals surface area contributed by atoms with Gasteiger partial charge in [0, 0.05) is 0 Å². The van der Waals surface area contributed by atoms with Crippen LogP contribution in [0.15, 0.2) is 23.3 Å². The van der Waals surface area contributed by atoms with E-state index in [0.29, 0.717) is 0 Å². The molecule has 0 aliphatic heterocycles. The standard InChI is InChI=1S/C17H29ClO/c1-12(2)6-5-7-13(3)8-9-15-10-14(4)11-16(18)17(15)19/h10-13,16-17,19H,5-9H2,1-4H3. The zero-order chi connectivity index (χ0) is 14.4. The predicted molar refractivity (Wildman–Crippen MR) is 84.6 cm³/mol. The van der Waals surface area contributed by atoms with Gasteiger partial charge in [0.05, 0.1) is 11.5 Å². The van der Waals surface area contributed by atoms with Gasteiger partial charge < -0.3 is 5.11 Å². The van der Waals surface area contributed by atoms with Gasteiger partial charge in [-0.05, 0) is 37.2 Å². The van der Waals surface area contributed by atoms with Crippen molar-refractivity contribution in [3.8, 4) is 0 Å². The number of alkyl halides is 1. The highest BCUT2D eigenvalue weighted by atomic mass is 35.5. The first kappa shape index (κ1) is 16.8. The van der Waals surface area contributed by atoms with Crippen molar-refractivity contribution < 1.29 is 5.11 Å². The zero-order valence-corrected chi connectivity index (χ0v) is 13.6. The minimum Gasteiger partial charge on any atom is -0.387 e. The zero-order valence-electron chi connectivity index (χ0n) is 12.8. The van der Waals surface area contributed by atoms with Gasteiger partial charge >= 0.3 is 0 Å². The summed E-state index contributed by atoms with van der Waals surface area (Å²) in [6.07, 6.45) is 9.59. The van der Waals surface area contributed by atoms with E-state index in [0.717, 1.165) is 30.3 Å². The van der Waals surface area contributed by atoms with Gasteiger partial charge in [-0.3, -0.25) is 0 Å². The normalized spacial score (nSPS) is 25.2. The number of allylic oxidation sites excluding steroid dienone is 2. The molecule has 1 aliphatic rings. The molecular weight excluding hydrogens is 256 g/mol. The van der Waals surface area contributed by atoms with E-state index >= 15 is 0 Å². The third kappa shape index (κ3) is 6.14. The Balaban J connectivity index is 2.33. The molecule has 0 radical (unpaired) electrons. The van der Waals surface area contributed by atoms with Crippen LogP contribution >= 0.6 is 11.6 Å². The number of hydrogen-bond donors (Lipinski definition) is 1. The second kappa shape index (κ2) is 8.11. The van der Waals surface area contributed by atoms with Crippen molar-refractivity contribution in [1.82, 2.24) is 0 Å². The lowest BCUT2D eigenvalue weighted by Crippen LogP contribution is -2.24. The van der Waals surface area contributed by atoms with E-state index in [4.69, 9.17) is 11.6 Å². The van der Waals surface area contributed by atoms with E-state index in [1.165, 1.54) is 24.8 Å². The molecule has 0 fully saturated rings. The lowest BCUT2D eigenvalue weighted by Gasteiger charge is -2.24. The van der Waals surface area contributed by atoms with Crippen LogP contribution in [0.3, 0.4) is 0 Å². The third-order valence-electron chi connectivity index (χ3n) is 3.92. The smallest absolute Gasteiger partial charge is 0.0952 e. The fourth-order valence-corrected chi connectivity index (χ4v) is 2.99. The minimum atomic E-state index is -0.492. The van der Waals surface area contributed by atoms with Crippen molar-refractivity contribution >= 4 is 11.6 Å². The Hall–Kier alpha value is -0.270. The van der Waals surface area contributed by atoms with Crippen LogP contribution in [0.1, 0.15) is 59.8 Å². The van der Waals surface area contributed by atoms with Crippen molar-refractivity contribution in [1.29, 1.82) is 0 Å². The van der Waals surface area contributed by atoms with E-state index in [1.54, 1.807) is 0 Å². The first-order valence-electron chi connectivity index (χ1n) is 7.61.